The first-order valence-electron chi connectivity index (χ1n) is 8.69. The van der Waals surface area contributed by atoms with E-state index in [-0.39, 0.29) is 5.82 Å². The lowest BCUT2D eigenvalue weighted by atomic mass is 10.00. The van der Waals surface area contributed by atoms with Crippen molar-refractivity contribution < 1.29 is 9.13 Å². The highest BCUT2D eigenvalue weighted by atomic mass is 19.1. The second kappa shape index (κ2) is 6.39. The van der Waals surface area contributed by atoms with Crippen molar-refractivity contribution in [3.05, 3.63) is 65.9 Å². The van der Waals surface area contributed by atoms with Gasteiger partial charge in [-0.3, -0.25) is 4.40 Å². The summed E-state index contributed by atoms with van der Waals surface area (Å²) in [5.74, 6) is 1.37. The van der Waals surface area contributed by atoms with E-state index in [4.69, 9.17) is 4.74 Å². The minimum absolute atomic E-state index is 0.196. The summed E-state index contributed by atoms with van der Waals surface area (Å²) in [5, 5.41) is 15.9. The van der Waals surface area contributed by atoms with Crippen molar-refractivity contribution in [1.82, 2.24) is 29.8 Å². The number of aromatic nitrogens is 6. The summed E-state index contributed by atoms with van der Waals surface area (Å²) in [6.07, 6.45) is 8.51. The molecular weight excluding hydrogens is 347 g/mol. The van der Waals surface area contributed by atoms with Crippen molar-refractivity contribution in [3.8, 4) is 16.9 Å². The first-order chi connectivity index (χ1) is 13.3. The van der Waals surface area contributed by atoms with Crippen LogP contribution in [0.2, 0.25) is 0 Å². The van der Waals surface area contributed by atoms with Crippen LogP contribution in [-0.4, -0.2) is 36.4 Å². The molecule has 0 saturated heterocycles. The van der Waals surface area contributed by atoms with Gasteiger partial charge >= 0.3 is 0 Å². The number of aryl methyl sites for hydroxylation is 1. The summed E-state index contributed by atoms with van der Waals surface area (Å²) in [4.78, 5) is 4.57. The third kappa shape index (κ3) is 2.69. The van der Waals surface area contributed by atoms with Gasteiger partial charge in [0.1, 0.15) is 23.7 Å². The van der Waals surface area contributed by atoms with E-state index in [2.05, 4.69) is 25.4 Å². The van der Waals surface area contributed by atoms with Crippen molar-refractivity contribution in [2.75, 3.05) is 6.61 Å². The SMILES string of the molecule is Fc1ccc2c(c1CCc1ncc(-c3ccnnc3)c3nncn13)CCO2. The monoisotopic (exact) mass is 362 g/mol. The number of fused-ring (bicyclic) bond motifs is 2. The lowest BCUT2D eigenvalue weighted by molar-refractivity contribution is 0.356. The van der Waals surface area contributed by atoms with Gasteiger partial charge in [-0.2, -0.15) is 10.2 Å². The quantitative estimate of drug-likeness (QED) is 0.555. The maximum Gasteiger partial charge on any atom is 0.171 e. The fraction of sp³-hybridized carbons (Fsp3) is 0.211. The van der Waals surface area contributed by atoms with Crippen molar-refractivity contribution in [2.24, 2.45) is 0 Å². The van der Waals surface area contributed by atoms with Gasteiger partial charge in [0.15, 0.2) is 5.65 Å². The van der Waals surface area contributed by atoms with Crippen LogP contribution < -0.4 is 4.74 Å². The lowest BCUT2D eigenvalue weighted by Gasteiger charge is -2.10. The van der Waals surface area contributed by atoms with E-state index in [0.29, 0.717) is 30.7 Å². The molecule has 7 nitrogen and oxygen atoms in total. The predicted octanol–water partition coefficient (Wildman–Crippen LogP) is 2.44. The van der Waals surface area contributed by atoms with Gasteiger partial charge in [-0.25, -0.2) is 9.37 Å². The van der Waals surface area contributed by atoms with Gasteiger partial charge in [0, 0.05) is 35.7 Å². The molecule has 3 aromatic heterocycles. The van der Waals surface area contributed by atoms with Crippen LogP contribution in [0.4, 0.5) is 4.39 Å². The van der Waals surface area contributed by atoms with Crippen LogP contribution in [-0.2, 0) is 19.3 Å². The summed E-state index contributed by atoms with van der Waals surface area (Å²) in [5.41, 5.74) is 4.05. The summed E-state index contributed by atoms with van der Waals surface area (Å²) in [6, 6.07) is 5.02. The van der Waals surface area contributed by atoms with Gasteiger partial charge in [0.05, 0.1) is 19.0 Å². The van der Waals surface area contributed by atoms with Crippen molar-refractivity contribution in [1.29, 1.82) is 0 Å². The highest BCUT2D eigenvalue weighted by molar-refractivity contribution is 5.75. The Bertz CT molecular complexity index is 1130. The Morgan fingerprint density at radius 1 is 1.07 bits per heavy atom. The van der Waals surface area contributed by atoms with Crippen LogP contribution in [0.25, 0.3) is 16.8 Å². The molecule has 0 radical (unpaired) electrons. The highest BCUT2D eigenvalue weighted by Gasteiger charge is 2.20. The summed E-state index contributed by atoms with van der Waals surface area (Å²) >= 11 is 0. The number of rotatable bonds is 4. The molecule has 0 aliphatic carbocycles. The summed E-state index contributed by atoms with van der Waals surface area (Å²) < 4.78 is 21.8. The molecule has 134 valence electrons. The number of benzene rings is 1. The molecular formula is C19H15FN6O. The van der Waals surface area contributed by atoms with E-state index >= 15 is 0 Å². The molecule has 0 atom stereocenters. The Morgan fingerprint density at radius 3 is 2.93 bits per heavy atom. The largest absolute Gasteiger partial charge is 0.493 e. The van der Waals surface area contributed by atoms with E-state index in [1.54, 1.807) is 31.0 Å². The third-order valence-corrected chi connectivity index (χ3v) is 4.84. The fourth-order valence-electron chi connectivity index (χ4n) is 3.53. The van der Waals surface area contributed by atoms with Gasteiger partial charge < -0.3 is 4.74 Å². The normalized spacial score (nSPS) is 12.9. The lowest BCUT2D eigenvalue weighted by Crippen LogP contribution is -2.06. The van der Waals surface area contributed by atoms with E-state index < -0.39 is 0 Å². The van der Waals surface area contributed by atoms with Crippen molar-refractivity contribution in [3.63, 3.8) is 0 Å². The third-order valence-electron chi connectivity index (χ3n) is 4.84. The number of ether oxygens (including phenoxy) is 1. The van der Waals surface area contributed by atoms with Crippen LogP contribution in [0.15, 0.2) is 43.1 Å². The Labute approximate surface area is 153 Å². The first-order valence-corrected chi connectivity index (χ1v) is 8.69. The molecule has 8 heteroatoms. The fourth-order valence-corrected chi connectivity index (χ4v) is 3.53. The predicted molar refractivity (Wildman–Crippen MR) is 94.8 cm³/mol. The van der Waals surface area contributed by atoms with Crippen LogP contribution in [0.5, 0.6) is 5.75 Å². The maximum absolute atomic E-state index is 14.4. The minimum atomic E-state index is -0.196. The average molecular weight is 362 g/mol. The molecule has 1 aromatic carbocycles. The average Bonchev–Trinajstić information content (AvgIpc) is 3.37. The Morgan fingerprint density at radius 2 is 2.04 bits per heavy atom. The molecule has 27 heavy (non-hydrogen) atoms. The van der Waals surface area contributed by atoms with E-state index in [1.807, 2.05) is 10.5 Å². The zero-order valence-corrected chi connectivity index (χ0v) is 14.3. The topological polar surface area (TPSA) is 78.1 Å². The molecule has 0 saturated carbocycles. The zero-order chi connectivity index (χ0) is 18.2. The van der Waals surface area contributed by atoms with Gasteiger partial charge in [-0.05, 0) is 30.2 Å². The molecule has 0 unspecified atom stereocenters. The van der Waals surface area contributed by atoms with Gasteiger partial charge in [-0.15, -0.1) is 10.2 Å². The zero-order valence-electron chi connectivity index (χ0n) is 14.3. The molecule has 0 bridgehead atoms. The number of hydrogen-bond donors (Lipinski definition) is 0. The molecule has 1 aliphatic heterocycles. The smallest absolute Gasteiger partial charge is 0.171 e. The van der Waals surface area contributed by atoms with E-state index in [9.17, 15) is 4.39 Å². The van der Waals surface area contributed by atoms with Gasteiger partial charge in [0.25, 0.3) is 0 Å². The van der Waals surface area contributed by atoms with Crippen LogP contribution in [0.1, 0.15) is 17.0 Å². The van der Waals surface area contributed by atoms with Crippen molar-refractivity contribution >= 4 is 5.65 Å². The first kappa shape index (κ1) is 15.8. The van der Waals surface area contributed by atoms with Gasteiger partial charge in [-0.1, -0.05) is 0 Å². The van der Waals surface area contributed by atoms with Crippen LogP contribution >= 0.6 is 0 Å². The van der Waals surface area contributed by atoms with E-state index in [1.165, 1.54) is 6.07 Å². The molecule has 0 N–H and O–H groups in total. The molecule has 0 spiro atoms. The molecule has 0 fully saturated rings. The molecule has 5 rings (SSSR count). The number of nitrogens with zero attached hydrogens (tertiary/aromatic N) is 6. The van der Waals surface area contributed by atoms with Crippen LogP contribution in [0, 0.1) is 5.82 Å². The highest BCUT2D eigenvalue weighted by Crippen LogP contribution is 2.31. The van der Waals surface area contributed by atoms with Crippen LogP contribution in [0.3, 0.4) is 0 Å². The van der Waals surface area contributed by atoms with Gasteiger partial charge in [0.2, 0.25) is 0 Å². The van der Waals surface area contributed by atoms with Crippen molar-refractivity contribution in [2.45, 2.75) is 19.3 Å². The second-order valence-corrected chi connectivity index (χ2v) is 6.34. The number of hydrogen-bond acceptors (Lipinski definition) is 6. The molecule has 0 amide bonds. The second-order valence-electron chi connectivity index (χ2n) is 6.34. The standard InChI is InChI=1S/C19H15FN6O/c20-16-2-3-17-14(6-8-27-17)13(16)1-4-18-21-10-15(12-5-7-22-23-9-12)19-25-24-11-26(18)19/h2-3,5,7,9-11H,1,4,6,8H2. The maximum atomic E-state index is 14.4. The molecule has 4 aromatic rings. The summed E-state index contributed by atoms with van der Waals surface area (Å²) in [6.45, 7) is 0.606. The Balaban J connectivity index is 1.49. The summed E-state index contributed by atoms with van der Waals surface area (Å²) in [7, 11) is 0. The molecule has 1 aliphatic rings. The Kier molecular flexibility index (Phi) is 3.74. The number of halogens is 1. The van der Waals surface area contributed by atoms with E-state index in [0.717, 1.165) is 34.7 Å². The minimum Gasteiger partial charge on any atom is -0.493 e. The molecule has 4 heterocycles. The Hall–Kier alpha value is -3.42.